The summed E-state index contributed by atoms with van der Waals surface area (Å²) in [6, 6.07) is 14.5. The highest BCUT2D eigenvalue weighted by Gasteiger charge is 2.39. The van der Waals surface area contributed by atoms with Crippen LogP contribution >= 0.6 is 11.6 Å². The molecule has 3 aromatic rings. The van der Waals surface area contributed by atoms with E-state index in [-0.39, 0.29) is 5.91 Å². The van der Waals surface area contributed by atoms with Crippen molar-refractivity contribution < 1.29 is 9.53 Å². The van der Waals surface area contributed by atoms with E-state index in [1.165, 1.54) is 60.9 Å². The van der Waals surface area contributed by atoms with Crippen LogP contribution in [-0.4, -0.2) is 59.0 Å². The Morgan fingerprint density at radius 3 is 2.43 bits per heavy atom. The second kappa shape index (κ2) is 13.3. The fraction of sp³-hybridized carbons (Fsp3) is 0.485. The van der Waals surface area contributed by atoms with Crippen LogP contribution < -0.4 is 16.0 Å². The van der Waals surface area contributed by atoms with Crippen molar-refractivity contribution in [3.63, 3.8) is 0 Å². The Morgan fingerprint density at radius 2 is 1.76 bits per heavy atom. The number of likely N-dealkylation sites (tertiary alicyclic amines) is 1. The zero-order valence-corrected chi connectivity index (χ0v) is 25.4. The SMILES string of the molecule is COc1ccc(CN(C)CCCC2CCC3(CC2)CCN(C(=O)c2ccc(Cl)c(-n4ccc(=O)[nH]c4=O)c2)CC3)cc1. The Morgan fingerprint density at radius 1 is 1.05 bits per heavy atom. The van der Waals surface area contributed by atoms with E-state index in [0.29, 0.717) is 21.7 Å². The van der Waals surface area contributed by atoms with Crippen molar-refractivity contribution in [2.24, 2.45) is 11.3 Å². The number of aromatic nitrogens is 2. The lowest BCUT2D eigenvalue weighted by Crippen LogP contribution is -2.44. The Balaban J connectivity index is 1.08. The molecular weight excluding hydrogens is 552 g/mol. The molecule has 5 rings (SSSR count). The summed E-state index contributed by atoms with van der Waals surface area (Å²) in [7, 11) is 3.89. The lowest BCUT2D eigenvalue weighted by atomic mass is 9.65. The highest BCUT2D eigenvalue weighted by Crippen LogP contribution is 2.47. The molecule has 1 aliphatic heterocycles. The molecule has 2 aliphatic rings. The number of amides is 1. The number of benzene rings is 2. The summed E-state index contributed by atoms with van der Waals surface area (Å²) < 4.78 is 6.51. The summed E-state index contributed by atoms with van der Waals surface area (Å²) in [5.41, 5.74) is 1.46. The van der Waals surface area contributed by atoms with Gasteiger partial charge in [0.2, 0.25) is 0 Å². The summed E-state index contributed by atoms with van der Waals surface area (Å²) in [6.07, 6.45) is 11.0. The first-order valence-electron chi connectivity index (χ1n) is 15.0. The summed E-state index contributed by atoms with van der Waals surface area (Å²) in [5, 5.41) is 0.332. The van der Waals surface area contributed by atoms with E-state index in [4.69, 9.17) is 16.3 Å². The molecule has 0 unspecified atom stereocenters. The van der Waals surface area contributed by atoms with Gasteiger partial charge in [0.15, 0.2) is 0 Å². The molecule has 0 radical (unpaired) electrons. The maximum absolute atomic E-state index is 13.4. The molecule has 1 aromatic heterocycles. The van der Waals surface area contributed by atoms with E-state index in [1.54, 1.807) is 25.3 Å². The van der Waals surface area contributed by atoms with Gasteiger partial charge in [-0.15, -0.1) is 0 Å². The van der Waals surface area contributed by atoms with Crippen LogP contribution in [0.3, 0.4) is 0 Å². The number of carbonyl (C=O) groups is 1. The van der Waals surface area contributed by atoms with Gasteiger partial charge in [0, 0.05) is 37.5 Å². The van der Waals surface area contributed by atoms with Crippen molar-refractivity contribution >= 4 is 17.5 Å². The van der Waals surface area contributed by atoms with Gasteiger partial charge in [0.05, 0.1) is 17.8 Å². The molecule has 0 atom stereocenters. The van der Waals surface area contributed by atoms with Crippen LogP contribution in [0.25, 0.3) is 5.69 Å². The van der Waals surface area contributed by atoms with Crippen LogP contribution in [0.15, 0.2) is 64.3 Å². The highest BCUT2D eigenvalue weighted by molar-refractivity contribution is 6.32. The molecular formula is C33H41ClN4O4. The number of hydrogen-bond acceptors (Lipinski definition) is 5. The van der Waals surface area contributed by atoms with E-state index in [9.17, 15) is 14.4 Å². The molecule has 0 bridgehead atoms. The number of hydrogen-bond donors (Lipinski definition) is 1. The van der Waals surface area contributed by atoms with Gasteiger partial charge < -0.3 is 14.5 Å². The van der Waals surface area contributed by atoms with Gasteiger partial charge in [0.25, 0.3) is 11.5 Å². The summed E-state index contributed by atoms with van der Waals surface area (Å²) in [5.74, 6) is 1.65. The quantitative estimate of drug-likeness (QED) is 0.354. The summed E-state index contributed by atoms with van der Waals surface area (Å²) in [4.78, 5) is 43.7. The maximum atomic E-state index is 13.4. The zero-order chi connectivity index (χ0) is 29.7. The normalized spacial score (nSPS) is 17.1. The number of aromatic amines is 1. The topological polar surface area (TPSA) is 87.6 Å². The van der Waals surface area contributed by atoms with Crippen LogP contribution in [0.4, 0.5) is 0 Å². The van der Waals surface area contributed by atoms with Crippen molar-refractivity contribution in [2.45, 2.75) is 57.9 Å². The molecule has 224 valence electrons. The lowest BCUT2D eigenvalue weighted by molar-refractivity contribution is 0.0391. The van der Waals surface area contributed by atoms with Crippen LogP contribution in [0.2, 0.25) is 5.02 Å². The molecule has 1 spiro atoms. The van der Waals surface area contributed by atoms with Gasteiger partial charge in [-0.2, -0.15) is 0 Å². The van der Waals surface area contributed by atoms with Crippen molar-refractivity contribution in [3.05, 3.63) is 91.7 Å². The minimum Gasteiger partial charge on any atom is -0.497 e. The number of H-pyrrole nitrogens is 1. The molecule has 42 heavy (non-hydrogen) atoms. The van der Waals surface area contributed by atoms with Crippen LogP contribution in [-0.2, 0) is 6.54 Å². The first-order chi connectivity index (χ1) is 20.2. The Kier molecular flexibility index (Phi) is 9.53. The van der Waals surface area contributed by atoms with E-state index in [2.05, 4.69) is 29.1 Å². The third kappa shape index (κ3) is 7.16. The van der Waals surface area contributed by atoms with Gasteiger partial charge in [0.1, 0.15) is 5.75 Å². The minimum absolute atomic E-state index is 0.0484. The molecule has 1 aliphatic carbocycles. The number of nitrogens with one attached hydrogen (secondary N) is 1. The lowest BCUT2D eigenvalue weighted by Gasteiger charge is -2.46. The van der Waals surface area contributed by atoms with Crippen molar-refractivity contribution in [3.8, 4) is 11.4 Å². The summed E-state index contributed by atoms with van der Waals surface area (Å²) in [6.45, 7) is 3.55. The Bertz CT molecular complexity index is 1480. The van der Waals surface area contributed by atoms with E-state index in [1.807, 2.05) is 17.0 Å². The molecule has 8 nitrogen and oxygen atoms in total. The molecule has 2 aromatic carbocycles. The number of rotatable bonds is 9. The zero-order valence-electron chi connectivity index (χ0n) is 24.6. The maximum Gasteiger partial charge on any atom is 0.332 e. The fourth-order valence-electron chi connectivity index (χ4n) is 6.65. The second-order valence-electron chi connectivity index (χ2n) is 12.1. The number of ether oxygens (including phenoxy) is 1. The number of carbonyl (C=O) groups excluding carboxylic acids is 1. The molecule has 1 N–H and O–H groups in total. The third-order valence-electron chi connectivity index (χ3n) is 9.32. The molecule has 9 heteroatoms. The smallest absolute Gasteiger partial charge is 0.332 e. The van der Waals surface area contributed by atoms with Crippen molar-refractivity contribution in [1.29, 1.82) is 0 Å². The van der Waals surface area contributed by atoms with Gasteiger partial charge in [-0.05, 0) is 112 Å². The number of nitrogens with zero attached hydrogens (tertiary/aromatic N) is 3. The summed E-state index contributed by atoms with van der Waals surface area (Å²) >= 11 is 6.35. The highest BCUT2D eigenvalue weighted by atomic mass is 35.5. The first-order valence-corrected chi connectivity index (χ1v) is 15.4. The van der Waals surface area contributed by atoms with E-state index in [0.717, 1.165) is 50.7 Å². The van der Waals surface area contributed by atoms with Crippen LogP contribution in [0.1, 0.15) is 67.3 Å². The average molecular weight is 593 g/mol. The van der Waals surface area contributed by atoms with Crippen molar-refractivity contribution in [1.82, 2.24) is 19.4 Å². The standard InChI is InChI=1S/C33H41ClN4O4/c1-36(23-25-5-8-27(42-2)9-6-25)18-3-4-24-11-14-33(15-12-24)16-20-37(21-17-33)31(40)26-7-10-28(34)29(22-26)38-19-13-30(39)35-32(38)41/h5-10,13,19,22,24H,3-4,11-12,14-18,20-21,23H2,1-2H3,(H,35,39,41). The minimum atomic E-state index is -0.593. The van der Waals surface area contributed by atoms with Gasteiger partial charge in [-0.1, -0.05) is 23.7 Å². The monoisotopic (exact) mass is 592 g/mol. The van der Waals surface area contributed by atoms with Gasteiger partial charge >= 0.3 is 5.69 Å². The molecule has 2 heterocycles. The van der Waals surface area contributed by atoms with Gasteiger partial charge in [-0.3, -0.25) is 19.1 Å². The largest absolute Gasteiger partial charge is 0.497 e. The third-order valence-corrected chi connectivity index (χ3v) is 9.64. The van der Waals surface area contributed by atoms with Gasteiger partial charge in [-0.25, -0.2) is 4.79 Å². The number of piperidine rings is 1. The number of methoxy groups -OCH3 is 1. The Labute approximate surface area is 252 Å². The molecule has 1 amide bonds. The molecule has 1 saturated heterocycles. The second-order valence-corrected chi connectivity index (χ2v) is 12.5. The van der Waals surface area contributed by atoms with Crippen LogP contribution in [0, 0.1) is 11.3 Å². The molecule has 1 saturated carbocycles. The predicted octanol–water partition coefficient (Wildman–Crippen LogP) is 5.51. The van der Waals surface area contributed by atoms with E-state index >= 15 is 0 Å². The average Bonchev–Trinajstić information content (AvgIpc) is 2.99. The van der Waals surface area contributed by atoms with E-state index < -0.39 is 11.2 Å². The predicted molar refractivity (Wildman–Crippen MR) is 166 cm³/mol. The van der Waals surface area contributed by atoms with Crippen molar-refractivity contribution in [2.75, 3.05) is 33.8 Å². The Hall–Kier alpha value is -3.36. The number of halogens is 1. The first kappa shape index (κ1) is 30.1. The van der Waals surface area contributed by atoms with Crippen LogP contribution in [0.5, 0.6) is 5.75 Å². The molecule has 2 fully saturated rings. The fourth-order valence-corrected chi connectivity index (χ4v) is 6.86.